The highest BCUT2D eigenvalue weighted by molar-refractivity contribution is 6.22. The Hall–Kier alpha value is -3.95. The van der Waals surface area contributed by atoms with Crippen LogP contribution in [0.5, 0.6) is 11.5 Å². The first kappa shape index (κ1) is 18.4. The van der Waals surface area contributed by atoms with Crippen molar-refractivity contribution in [2.24, 2.45) is 0 Å². The minimum Gasteiger partial charge on any atom is -0.454 e. The Labute approximate surface area is 164 Å². The Balaban J connectivity index is 1.45. The zero-order chi connectivity index (χ0) is 20.7. The predicted molar refractivity (Wildman–Crippen MR) is 97.6 cm³/mol. The first-order valence-corrected chi connectivity index (χ1v) is 8.68. The summed E-state index contributed by atoms with van der Waals surface area (Å²) in [5.41, 5.74) is 0.422. The van der Waals surface area contributed by atoms with Gasteiger partial charge in [0, 0.05) is 12.1 Å². The molecule has 29 heavy (non-hydrogen) atoms. The van der Waals surface area contributed by atoms with Crippen molar-refractivity contribution >= 4 is 23.4 Å². The van der Waals surface area contributed by atoms with Gasteiger partial charge in [-0.05, 0) is 30.7 Å². The molecular formula is C19H15N3O7. The van der Waals surface area contributed by atoms with Gasteiger partial charge in [-0.25, -0.2) is 0 Å². The number of nitro groups is 1. The van der Waals surface area contributed by atoms with Gasteiger partial charge >= 0.3 is 0 Å². The molecule has 0 bridgehead atoms. The number of fused-ring (bicyclic) bond motifs is 2. The van der Waals surface area contributed by atoms with E-state index in [1.165, 1.54) is 6.07 Å². The molecule has 0 radical (unpaired) electrons. The third kappa shape index (κ3) is 3.24. The summed E-state index contributed by atoms with van der Waals surface area (Å²) in [6.07, 6.45) is 0. The zero-order valence-corrected chi connectivity index (χ0v) is 15.2. The Morgan fingerprint density at radius 3 is 2.62 bits per heavy atom. The molecular weight excluding hydrogens is 382 g/mol. The fourth-order valence-corrected chi connectivity index (χ4v) is 3.23. The van der Waals surface area contributed by atoms with Crippen molar-refractivity contribution in [1.29, 1.82) is 0 Å². The summed E-state index contributed by atoms with van der Waals surface area (Å²) in [7, 11) is 0. The lowest BCUT2D eigenvalue weighted by Gasteiger charge is -2.18. The third-order valence-electron chi connectivity index (χ3n) is 4.74. The molecule has 1 N–H and O–H groups in total. The van der Waals surface area contributed by atoms with Crippen LogP contribution in [0.15, 0.2) is 36.4 Å². The summed E-state index contributed by atoms with van der Waals surface area (Å²) >= 11 is 0. The fraction of sp³-hybridized carbons (Fsp3) is 0.211. The van der Waals surface area contributed by atoms with Gasteiger partial charge in [-0.1, -0.05) is 6.07 Å². The molecule has 148 valence electrons. The number of amides is 3. The van der Waals surface area contributed by atoms with Gasteiger partial charge in [-0.15, -0.1) is 0 Å². The number of nitro benzene ring substituents is 1. The minimum absolute atomic E-state index is 0.0391. The molecule has 0 aromatic heterocycles. The number of carbonyl (C=O) groups is 3. The highest BCUT2D eigenvalue weighted by Crippen LogP contribution is 2.34. The number of imide groups is 1. The molecule has 3 amide bonds. The second kappa shape index (κ2) is 6.89. The number of non-ortho nitro benzene ring substituents is 1. The Bertz CT molecular complexity index is 1070. The lowest BCUT2D eigenvalue weighted by Crippen LogP contribution is -2.41. The molecule has 2 heterocycles. The minimum atomic E-state index is -0.736. The van der Waals surface area contributed by atoms with Crippen LogP contribution in [0.1, 0.15) is 39.2 Å². The molecule has 0 aliphatic carbocycles. The number of nitrogens with zero attached hydrogens (tertiary/aromatic N) is 2. The Morgan fingerprint density at radius 1 is 1.14 bits per heavy atom. The zero-order valence-electron chi connectivity index (χ0n) is 15.2. The van der Waals surface area contributed by atoms with Crippen LogP contribution in [0.2, 0.25) is 0 Å². The molecule has 2 aromatic carbocycles. The number of carbonyl (C=O) groups excluding carboxylic acids is 3. The highest BCUT2D eigenvalue weighted by atomic mass is 16.7. The van der Waals surface area contributed by atoms with Gasteiger partial charge in [0.2, 0.25) is 12.7 Å². The summed E-state index contributed by atoms with van der Waals surface area (Å²) in [5, 5.41) is 13.6. The number of ether oxygens (including phenoxy) is 2. The normalized spacial score (nSPS) is 15.3. The van der Waals surface area contributed by atoms with Crippen LogP contribution >= 0.6 is 0 Å². The second-order valence-corrected chi connectivity index (χ2v) is 6.59. The van der Waals surface area contributed by atoms with Gasteiger partial charge in [0.25, 0.3) is 17.5 Å². The van der Waals surface area contributed by atoms with E-state index in [9.17, 15) is 24.5 Å². The van der Waals surface area contributed by atoms with Crippen LogP contribution in [0.4, 0.5) is 5.69 Å². The number of nitrogens with one attached hydrogen (secondary N) is 1. The van der Waals surface area contributed by atoms with Gasteiger partial charge in [0.05, 0.1) is 22.1 Å². The smallest absolute Gasteiger partial charge is 0.270 e. The predicted octanol–water partition coefficient (Wildman–Crippen LogP) is 1.80. The summed E-state index contributed by atoms with van der Waals surface area (Å²) in [4.78, 5) is 48.3. The van der Waals surface area contributed by atoms with Gasteiger partial charge in [0.15, 0.2) is 11.5 Å². The van der Waals surface area contributed by atoms with E-state index in [0.29, 0.717) is 11.5 Å². The molecule has 2 aliphatic rings. The van der Waals surface area contributed by atoms with E-state index in [4.69, 9.17) is 9.47 Å². The maximum Gasteiger partial charge on any atom is 0.270 e. The number of hydrogen-bond donors (Lipinski definition) is 1. The fourth-order valence-electron chi connectivity index (χ4n) is 3.23. The van der Waals surface area contributed by atoms with Gasteiger partial charge in [0.1, 0.15) is 6.54 Å². The maximum absolute atomic E-state index is 12.5. The first-order valence-electron chi connectivity index (χ1n) is 8.68. The quantitative estimate of drug-likeness (QED) is 0.463. The molecule has 10 heteroatoms. The largest absolute Gasteiger partial charge is 0.454 e. The van der Waals surface area contributed by atoms with Crippen molar-refractivity contribution in [1.82, 2.24) is 10.2 Å². The number of rotatable bonds is 5. The van der Waals surface area contributed by atoms with E-state index in [1.54, 1.807) is 25.1 Å². The SMILES string of the molecule is C[C@@H](NC(=O)CN1C(=O)c2ccc([N+](=O)[O-])cc2C1=O)c1ccc2c(c1)OCO2. The van der Waals surface area contributed by atoms with E-state index in [1.807, 2.05) is 0 Å². The molecule has 10 nitrogen and oxygen atoms in total. The van der Waals surface area contributed by atoms with Crippen molar-refractivity contribution in [2.45, 2.75) is 13.0 Å². The summed E-state index contributed by atoms with van der Waals surface area (Å²) in [6, 6.07) is 8.26. The highest BCUT2D eigenvalue weighted by Gasteiger charge is 2.38. The van der Waals surface area contributed by atoms with Crippen molar-refractivity contribution in [3.63, 3.8) is 0 Å². The average molecular weight is 397 g/mol. The van der Waals surface area contributed by atoms with E-state index in [0.717, 1.165) is 22.6 Å². The van der Waals surface area contributed by atoms with Crippen molar-refractivity contribution in [3.8, 4) is 11.5 Å². The Kier molecular flexibility index (Phi) is 4.38. The summed E-state index contributed by atoms with van der Waals surface area (Å²) in [5.74, 6) is -0.748. The third-order valence-corrected chi connectivity index (χ3v) is 4.74. The van der Waals surface area contributed by atoms with Gasteiger partial charge in [-0.3, -0.25) is 29.4 Å². The monoisotopic (exact) mass is 397 g/mol. The van der Waals surface area contributed by atoms with Crippen molar-refractivity contribution < 1.29 is 28.8 Å². The van der Waals surface area contributed by atoms with Crippen LogP contribution < -0.4 is 14.8 Å². The van der Waals surface area contributed by atoms with Crippen molar-refractivity contribution in [2.75, 3.05) is 13.3 Å². The van der Waals surface area contributed by atoms with Gasteiger partial charge < -0.3 is 14.8 Å². The van der Waals surface area contributed by atoms with Crippen LogP contribution in [0.3, 0.4) is 0 Å². The molecule has 1 atom stereocenters. The average Bonchev–Trinajstić information content (AvgIpc) is 3.26. The molecule has 2 aliphatic heterocycles. The lowest BCUT2D eigenvalue weighted by molar-refractivity contribution is -0.384. The Morgan fingerprint density at radius 2 is 1.86 bits per heavy atom. The molecule has 0 spiro atoms. The first-order chi connectivity index (χ1) is 13.8. The molecule has 0 saturated carbocycles. The molecule has 0 unspecified atom stereocenters. The molecule has 2 aromatic rings. The maximum atomic E-state index is 12.5. The van der Waals surface area contributed by atoms with Crippen LogP contribution in [-0.4, -0.2) is 40.9 Å². The summed E-state index contributed by atoms with van der Waals surface area (Å²) < 4.78 is 10.6. The number of benzene rings is 2. The molecule has 4 rings (SSSR count). The summed E-state index contributed by atoms with van der Waals surface area (Å²) in [6.45, 7) is 1.40. The topological polar surface area (TPSA) is 128 Å². The lowest BCUT2D eigenvalue weighted by atomic mass is 10.1. The number of hydrogen-bond acceptors (Lipinski definition) is 7. The van der Waals surface area contributed by atoms with Crippen molar-refractivity contribution in [3.05, 3.63) is 63.2 Å². The van der Waals surface area contributed by atoms with Crippen LogP contribution in [0.25, 0.3) is 0 Å². The van der Waals surface area contributed by atoms with Crippen LogP contribution in [-0.2, 0) is 4.79 Å². The van der Waals surface area contributed by atoms with Crippen LogP contribution in [0, 0.1) is 10.1 Å². The van der Waals surface area contributed by atoms with E-state index < -0.39 is 35.2 Å². The standard InChI is InChI=1S/C19H15N3O7/c1-10(11-2-5-15-16(6-11)29-9-28-15)20-17(23)8-21-18(24)13-4-3-12(22(26)27)7-14(13)19(21)25/h2-7,10H,8-9H2,1H3,(H,20,23)/t10-/m1/s1. The molecule has 0 fully saturated rings. The van der Waals surface area contributed by atoms with Gasteiger partial charge in [-0.2, -0.15) is 0 Å². The second-order valence-electron chi connectivity index (χ2n) is 6.59. The van der Waals surface area contributed by atoms with E-state index in [2.05, 4.69) is 5.32 Å². The molecule has 0 saturated heterocycles. The van der Waals surface area contributed by atoms with E-state index in [-0.39, 0.29) is 23.6 Å². The van der Waals surface area contributed by atoms with E-state index >= 15 is 0 Å².